The van der Waals surface area contributed by atoms with Gasteiger partial charge in [0.25, 0.3) is 5.91 Å². The fourth-order valence-electron chi connectivity index (χ4n) is 0.841. The summed E-state index contributed by atoms with van der Waals surface area (Å²) >= 11 is 0. The molecule has 1 rings (SSSR count). The molecule has 0 saturated carbocycles. The summed E-state index contributed by atoms with van der Waals surface area (Å²) in [7, 11) is 3.37. The van der Waals surface area contributed by atoms with Crippen LogP contribution in [0.3, 0.4) is 0 Å². The van der Waals surface area contributed by atoms with Crippen molar-refractivity contribution in [2.75, 3.05) is 27.3 Å². The first-order chi connectivity index (χ1) is 5.22. The monoisotopic (exact) mass is 159 g/mol. The molecule has 11 heavy (non-hydrogen) atoms. The number of amides is 1. The van der Waals surface area contributed by atoms with Gasteiger partial charge in [-0.05, 0) is 6.42 Å². The fraction of sp³-hybridized carbons (Fsp3) is 0.857. The topological polar surface area (TPSA) is 38.8 Å². The highest BCUT2D eigenvalue weighted by Crippen LogP contribution is 2.06. The summed E-state index contributed by atoms with van der Waals surface area (Å²) in [6.45, 7) is 1.23. The van der Waals surface area contributed by atoms with Gasteiger partial charge in [0.2, 0.25) is 6.29 Å². The number of hydrogen-bond donors (Lipinski definition) is 0. The Hall–Kier alpha value is -0.610. The minimum absolute atomic E-state index is 0.121. The van der Waals surface area contributed by atoms with Crippen LogP contribution in [0.15, 0.2) is 0 Å². The molecular formula is C7H13NO3. The Morgan fingerprint density at radius 3 is 2.36 bits per heavy atom. The number of rotatable bonds is 1. The molecule has 0 aromatic carbocycles. The lowest BCUT2D eigenvalue weighted by Gasteiger charge is -2.24. The first kappa shape index (κ1) is 8.49. The average Bonchev–Trinajstić information content (AvgIpc) is 2.05. The molecule has 0 aromatic heterocycles. The molecule has 0 aromatic rings. The first-order valence-corrected chi connectivity index (χ1v) is 3.66. The predicted octanol–water partition coefficient (Wildman–Crippen LogP) is -0.162. The largest absolute Gasteiger partial charge is 0.344 e. The minimum atomic E-state index is -0.668. The molecule has 0 atom stereocenters. The molecule has 4 nitrogen and oxygen atoms in total. The van der Waals surface area contributed by atoms with E-state index in [2.05, 4.69) is 0 Å². The molecule has 1 heterocycles. The van der Waals surface area contributed by atoms with Gasteiger partial charge in [0.1, 0.15) is 0 Å². The van der Waals surface area contributed by atoms with Gasteiger partial charge in [-0.25, -0.2) is 0 Å². The highest BCUT2D eigenvalue weighted by molar-refractivity contribution is 5.79. The van der Waals surface area contributed by atoms with E-state index in [0.29, 0.717) is 13.2 Å². The van der Waals surface area contributed by atoms with Crippen molar-refractivity contribution in [3.63, 3.8) is 0 Å². The SMILES string of the molecule is CN(C)C(=O)C1OCCCO1. The third-order valence-corrected chi connectivity index (χ3v) is 1.47. The predicted molar refractivity (Wildman–Crippen MR) is 39.0 cm³/mol. The lowest BCUT2D eigenvalue weighted by atomic mass is 10.4. The van der Waals surface area contributed by atoms with Gasteiger partial charge in [0.05, 0.1) is 13.2 Å². The second-order valence-electron chi connectivity index (χ2n) is 2.66. The van der Waals surface area contributed by atoms with Crippen LogP contribution in [0.25, 0.3) is 0 Å². The van der Waals surface area contributed by atoms with Crippen LogP contribution >= 0.6 is 0 Å². The van der Waals surface area contributed by atoms with Crippen molar-refractivity contribution in [2.24, 2.45) is 0 Å². The van der Waals surface area contributed by atoms with E-state index in [4.69, 9.17) is 9.47 Å². The Morgan fingerprint density at radius 1 is 1.36 bits per heavy atom. The number of likely N-dealkylation sites (N-methyl/N-ethyl adjacent to an activating group) is 1. The summed E-state index contributed by atoms with van der Waals surface area (Å²) in [5, 5.41) is 0. The normalized spacial score (nSPS) is 19.8. The van der Waals surface area contributed by atoms with E-state index in [9.17, 15) is 4.79 Å². The lowest BCUT2D eigenvalue weighted by Crippen LogP contribution is -2.40. The molecular weight excluding hydrogens is 146 g/mol. The van der Waals surface area contributed by atoms with Crippen molar-refractivity contribution in [2.45, 2.75) is 12.7 Å². The van der Waals surface area contributed by atoms with Crippen LogP contribution in [-0.2, 0) is 14.3 Å². The van der Waals surface area contributed by atoms with Gasteiger partial charge in [-0.2, -0.15) is 0 Å². The zero-order chi connectivity index (χ0) is 8.27. The molecule has 0 unspecified atom stereocenters. The zero-order valence-corrected chi connectivity index (χ0v) is 6.87. The van der Waals surface area contributed by atoms with Crippen molar-refractivity contribution < 1.29 is 14.3 Å². The Balaban J connectivity index is 2.39. The third kappa shape index (κ3) is 2.17. The Morgan fingerprint density at radius 2 is 1.91 bits per heavy atom. The van der Waals surface area contributed by atoms with Crippen molar-refractivity contribution in [1.82, 2.24) is 4.90 Å². The fourth-order valence-corrected chi connectivity index (χ4v) is 0.841. The number of nitrogens with zero attached hydrogens (tertiary/aromatic N) is 1. The van der Waals surface area contributed by atoms with Gasteiger partial charge in [-0.15, -0.1) is 0 Å². The van der Waals surface area contributed by atoms with Gasteiger partial charge < -0.3 is 14.4 Å². The van der Waals surface area contributed by atoms with E-state index < -0.39 is 6.29 Å². The summed E-state index contributed by atoms with van der Waals surface area (Å²) in [6, 6.07) is 0. The summed E-state index contributed by atoms with van der Waals surface area (Å²) in [5.74, 6) is -0.121. The average molecular weight is 159 g/mol. The Labute approximate surface area is 66.1 Å². The number of ether oxygens (including phenoxy) is 2. The summed E-state index contributed by atoms with van der Waals surface area (Å²) in [6.07, 6.45) is 0.204. The molecule has 0 bridgehead atoms. The highest BCUT2D eigenvalue weighted by atomic mass is 16.7. The van der Waals surface area contributed by atoms with Crippen molar-refractivity contribution >= 4 is 5.91 Å². The number of hydrogen-bond acceptors (Lipinski definition) is 3. The maximum Gasteiger partial charge on any atom is 0.279 e. The van der Waals surface area contributed by atoms with E-state index in [0.717, 1.165) is 6.42 Å². The molecule has 1 saturated heterocycles. The zero-order valence-electron chi connectivity index (χ0n) is 6.87. The molecule has 1 amide bonds. The van der Waals surface area contributed by atoms with Crippen LogP contribution in [0.5, 0.6) is 0 Å². The third-order valence-electron chi connectivity index (χ3n) is 1.47. The van der Waals surface area contributed by atoms with E-state index in [1.165, 1.54) is 4.90 Å². The standard InChI is InChI=1S/C7H13NO3/c1-8(2)6(9)7-10-4-3-5-11-7/h7H,3-5H2,1-2H3. The van der Waals surface area contributed by atoms with Crippen molar-refractivity contribution in [3.8, 4) is 0 Å². The summed E-state index contributed by atoms with van der Waals surface area (Å²) in [5.41, 5.74) is 0. The van der Waals surface area contributed by atoms with Crippen LogP contribution in [0.4, 0.5) is 0 Å². The number of carbonyl (C=O) groups excluding carboxylic acids is 1. The van der Waals surface area contributed by atoms with Crippen molar-refractivity contribution in [1.29, 1.82) is 0 Å². The van der Waals surface area contributed by atoms with Crippen LogP contribution in [0.2, 0.25) is 0 Å². The summed E-state index contributed by atoms with van der Waals surface area (Å²) in [4.78, 5) is 12.6. The van der Waals surface area contributed by atoms with Gasteiger partial charge in [-0.1, -0.05) is 0 Å². The van der Waals surface area contributed by atoms with Crippen LogP contribution < -0.4 is 0 Å². The first-order valence-electron chi connectivity index (χ1n) is 3.66. The van der Waals surface area contributed by atoms with Gasteiger partial charge in [0, 0.05) is 14.1 Å². The molecule has 0 spiro atoms. The van der Waals surface area contributed by atoms with Crippen molar-refractivity contribution in [3.05, 3.63) is 0 Å². The van der Waals surface area contributed by atoms with E-state index in [1.54, 1.807) is 14.1 Å². The van der Waals surface area contributed by atoms with Crippen LogP contribution in [0, 0.1) is 0 Å². The molecule has 4 heteroatoms. The molecule has 1 fully saturated rings. The highest BCUT2D eigenvalue weighted by Gasteiger charge is 2.23. The van der Waals surface area contributed by atoms with Gasteiger partial charge in [-0.3, -0.25) is 4.79 Å². The van der Waals surface area contributed by atoms with Crippen LogP contribution in [0.1, 0.15) is 6.42 Å². The van der Waals surface area contributed by atoms with E-state index in [-0.39, 0.29) is 5.91 Å². The second-order valence-corrected chi connectivity index (χ2v) is 2.66. The van der Waals surface area contributed by atoms with Gasteiger partial charge in [0.15, 0.2) is 0 Å². The molecule has 0 N–H and O–H groups in total. The quantitative estimate of drug-likeness (QED) is 0.533. The van der Waals surface area contributed by atoms with Gasteiger partial charge >= 0.3 is 0 Å². The second kappa shape index (κ2) is 3.69. The molecule has 1 aliphatic rings. The van der Waals surface area contributed by atoms with Crippen LogP contribution in [-0.4, -0.2) is 44.4 Å². The Bertz CT molecular complexity index is 141. The minimum Gasteiger partial charge on any atom is -0.344 e. The lowest BCUT2D eigenvalue weighted by molar-refractivity contribution is -0.197. The van der Waals surface area contributed by atoms with E-state index >= 15 is 0 Å². The maximum absolute atomic E-state index is 11.2. The summed E-state index contributed by atoms with van der Waals surface area (Å²) < 4.78 is 10.2. The smallest absolute Gasteiger partial charge is 0.279 e. The molecule has 64 valence electrons. The maximum atomic E-state index is 11.2. The molecule has 1 aliphatic heterocycles. The molecule has 0 radical (unpaired) electrons. The number of carbonyl (C=O) groups is 1. The Kier molecular flexibility index (Phi) is 2.84. The molecule has 0 aliphatic carbocycles. The van der Waals surface area contributed by atoms with E-state index in [1.807, 2.05) is 0 Å².